The van der Waals surface area contributed by atoms with E-state index < -0.39 is 34.4 Å². The van der Waals surface area contributed by atoms with Crippen LogP contribution in [0.1, 0.15) is 10.6 Å². The second kappa shape index (κ2) is 7.96. The molecule has 1 unspecified atom stereocenters. The topological polar surface area (TPSA) is 136 Å². The molecular formula is C15H13F3N4O6. The van der Waals surface area contributed by atoms with Gasteiger partial charge in [0, 0.05) is 17.8 Å². The first-order valence-corrected chi connectivity index (χ1v) is 7.39. The minimum atomic E-state index is -5.35. The monoisotopic (exact) mass is 402 g/mol. The number of carbonyl (C=O) groups is 2. The maximum atomic E-state index is 13.7. The lowest BCUT2D eigenvalue weighted by Crippen LogP contribution is -2.73. The molecule has 2 rings (SSSR count). The van der Waals surface area contributed by atoms with Crippen LogP contribution in [0.4, 0.5) is 24.5 Å². The number of alkyl halides is 3. The van der Waals surface area contributed by atoms with Gasteiger partial charge < -0.3 is 19.9 Å². The molecule has 2 aromatic rings. The maximum absolute atomic E-state index is 13.7. The van der Waals surface area contributed by atoms with Crippen LogP contribution in [0.15, 0.2) is 47.1 Å². The average Bonchev–Trinajstić information content (AvgIpc) is 3.18. The van der Waals surface area contributed by atoms with Crippen molar-refractivity contribution in [1.29, 1.82) is 0 Å². The summed E-state index contributed by atoms with van der Waals surface area (Å²) >= 11 is 0. The Balaban J connectivity index is 2.32. The lowest BCUT2D eigenvalue weighted by molar-refractivity contribution is -0.384. The van der Waals surface area contributed by atoms with Crippen LogP contribution in [-0.4, -0.2) is 35.7 Å². The van der Waals surface area contributed by atoms with Crippen molar-refractivity contribution in [2.75, 3.05) is 12.5 Å². The number of furan rings is 1. The van der Waals surface area contributed by atoms with Crippen molar-refractivity contribution in [2.24, 2.45) is 0 Å². The fourth-order valence-corrected chi connectivity index (χ4v) is 2.02. The van der Waals surface area contributed by atoms with Crippen LogP contribution in [0.25, 0.3) is 0 Å². The van der Waals surface area contributed by atoms with Gasteiger partial charge in [0.25, 0.3) is 11.6 Å². The molecule has 0 aliphatic heterocycles. The zero-order valence-electron chi connectivity index (χ0n) is 14.1. The molecule has 0 aliphatic rings. The standard InChI is InChI=1S/C15H13F3N4O6/c1-27-13(24)14(15(16,17)18,19-12(23)11-3-2-8-28-11)21-20-9-4-6-10(7-5-9)22(25)26/h2-8,20-21H,1H3,(H,19,23). The minimum absolute atomic E-state index is 0.0598. The molecule has 0 bridgehead atoms. The first-order valence-electron chi connectivity index (χ1n) is 7.39. The highest BCUT2D eigenvalue weighted by Crippen LogP contribution is 2.30. The quantitative estimate of drug-likeness (QED) is 0.277. The average molecular weight is 402 g/mol. The van der Waals surface area contributed by atoms with Gasteiger partial charge in [0.1, 0.15) is 0 Å². The van der Waals surface area contributed by atoms with Crippen molar-refractivity contribution in [1.82, 2.24) is 10.7 Å². The number of amides is 1. The predicted molar refractivity (Wildman–Crippen MR) is 86.8 cm³/mol. The van der Waals surface area contributed by atoms with Crippen LogP contribution >= 0.6 is 0 Å². The number of rotatable bonds is 7. The Hall–Kier alpha value is -3.61. The lowest BCUT2D eigenvalue weighted by Gasteiger charge is -2.34. The van der Waals surface area contributed by atoms with E-state index in [0.717, 1.165) is 36.6 Å². The van der Waals surface area contributed by atoms with Crippen LogP contribution < -0.4 is 16.2 Å². The molecule has 0 radical (unpaired) electrons. The third-order valence-electron chi connectivity index (χ3n) is 3.44. The molecule has 1 amide bonds. The summed E-state index contributed by atoms with van der Waals surface area (Å²) in [6.45, 7) is 0. The van der Waals surface area contributed by atoms with Crippen LogP contribution in [-0.2, 0) is 9.53 Å². The highest BCUT2D eigenvalue weighted by molar-refractivity contribution is 5.96. The molecular weight excluding hydrogens is 389 g/mol. The SMILES string of the molecule is COC(=O)C(NNc1ccc([N+](=O)[O-])cc1)(NC(=O)c1ccco1)C(F)(F)F. The van der Waals surface area contributed by atoms with Gasteiger partial charge in [0.15, 0.2) is 5.76 Å². The van der Waals surface area contributed by atoms with Crippen LogP contribution in [0.3, 0.4) is 0 Å². The number of hydrazine groups is 1. The van der Waals surface area contributed by atoms with Gasteiger partial charge in [-0.25, -0.2) is 4.79 Å². The first-order chi connectivity index (χ1) is 13.1. The highest BCUT2D eigenvalue weighted by atomic mass is 19.4. The summed E-state index contributed by atoms with van der Waals surface area (Å²) in [5, 5.41) is 12.1. The Kier molecular flexibility index (Phi) is 5.88. The zero-order chi connectivity index (χ0) is 20.9. The molecule has 1 atom stereocenters. The normalized spacial score (nSPS) is 13.3. The Morgan fingerprint density at radius 1 is 1.18 bits per heavy atom. The van der Waals surface area contributed by atoms with Gasteiger partial charge in [0.05, 0.1) is 18.3 Å². The summed E-state index contributed by atoms with van der Waals surface area (Å²) in [5.74, 6) is -3.69. The first kappa shape index (κ1) is 20.7. The molecule has 1 aromatic heterocycles. The molecule has 0 fully saturated rings. The number of methoxy groups -OCH3 is 1. The Labute approximate surface area is 154 Å². The van der Waals surface area contributed by atoms with Gasteiger partial charge >= 0.3 is 17.8 Å². The van der Waals surface area contributed by atoms with Gasteiger partial charge in [-0.1, -0.05) is 0 Å². The van der Waals surface area contributed by atoms with E-state index in [0.29, 0.717) is 7.11 Å². The number of hydrogen-bond acceptors (Lipinski definition) is 8. The van der Waals surface area contributed by atoms with E-state index in [4.69, 9.17) is 4.42 Å². The van der Waals surface area contributed by atoms with Crippen LogP contribution in [0, 0.1) is 10.1 Å². The molecule has 0 aliphatic carbocycles. The predicted octanol–water partition coefficient (Wildman–Crippen LogP) is 1.97. The van der Waals surface area contributed by atoms with Gasteiger partial charge in [-0.2, -0.15) is 18.6 Å². The fraction of sp³-hybridized carbons (Fsp3) is 0.200. The van der Waals surface area contributed by atoms with E-state index in [1.54, 1.807) is 5.43 Å². The molecule has 150 valence electrons. The number of carbonyl (C=O) groups excluding carboxylic acids is 2. The molecule has 28 heavy (non-hydrogen) atoms. The number of halogens is 3. The zero-order valence-corrected chi connectivity index (χ0v) is 14.1. The Morgan fingerprint density at radius 2 is 1.82 bits per heavy atom. The van der Waals surface area contributed by atoms with Gasteiger partial charge in [-0.3, -0.25) is 14.9 Å². The van der Waals surface area contributed by atoms with Crippen LogP contribution in [0.5, 0.6) is 0 Å². The maximum Gasteiger partial charge on any atom is 0.438 e. The summed E-state index contributed by atoms with van der Waals surface area (Å²) in [5.41, 5.74) is -0.272. The van der Waals surface area contributed by atoms with Crippen molar-refractivity contribution in [3.05, 3.63) is 58.5 Å². The van der Waals surface area contributed by atoms with Gasteiger partial charge in [0.2, 0.25) is 0 Å². The summed E-state index contributed by atoms with van der Waals surface area (Å²) in [7, 11) is 0.704. The number of nitrogens with one attached hydrogen (secondary N) is 3. The van der Waals surface area contributed by atoms with Crippen LogP contribution in [0.2, 0.25) is 0 Å². The van der Waals surface area contributed by atoms with Gasteiger partial charge in [-0.15, -0.1) is 0 Å². The van der Waals surface area contributed by atoms with Crippen molar-refractivity contribution in [3.8, 4) is 0 Å². The van der Waals surface area contributed by atoms with E-state index in [-0.39, 0.29) is 11.4 Å². The Morgan fingerprint density at radius 3 is 2.29 bits per heavy atom. The molecule has 13 heteroatoms. The summed E-state index contributed by atoms with van der Waals surface area (Å²) < 4.78 is 50.2. The van der Waals surface area contributed by atoms with Crippen molar-refractivity contribution < 1.29 is 36.8 Å². The Bertz CT molecular complexity index is 854. The van der Waals surface area contributed by atoms with Crippen molar-refractivity contribution >= 4 is 23.3 Å². The van der Waals surface area contributed by atoms with Crippen molar-refractivity contribution in [2.45, 2.75) is 11.8 Å². The number of benzene rings is 1. The summed E-state index contributed by atoms with van der Waals surface area (Å²) in [6.07, 6.45) is -4.29. The third kappa shape index (κ3) is 4.20. The van der Waals surface area contributed by atoms with E-state index in [1.165, 1.54) is 11.4 Å². The number of non-ortho nitro benzene ring substituents is 1. The molecule has 1 heterocycles. The number of nitro groups is 1. The molecule has 0 spiro atoms. The second-order valence-electron chi connectivity index (χ2n) is 5.22. The molecule has 10 nitrogen and oxygen atoms in total. The smallest absolute Gasteiger partial charge is 0.438 e. The minimum Gasteiger partial charge on any atom is -0.466 e. The van der Waals surface area contributed by atoms with E-state index >= 15 is 0 Å². The second-order valence-corrected chi connectivity index (χ2v) is 5.22. The molecule has 1 aromatic carbocycles. The van der Waals surface area contributed by atoms with E-state index in [9.17, 15) is 32.9 Å². The molecule has 0 saturated carbocycles. The highest BCUT2D eigenvalue weighted by Gasteiger charge is 2.63. The summed E-state index contributed by atoms with van der Waals surface area (Å²) in [4.78, 5) is 34.0. The molecule has 0 saturated heterocycles. The largest absolute Gasteiger partial charge is 0.466 e. The number of ether oxygens (including phenoxy) is 1. The van der Waals surface area contributed by atoms with E-state index in [2.05, 4.69) is 10.2 Å². The molecule has 3 N–H and O–H groups in total. The number of hydrogen-bond donors (Lipinski definition) is 3. The summed E-state index contributed by atoms with van der Waals surface area (Å²) in [6, 6.07) is 6.61. The number of nitro benzene ring substituents is 1. The number of nitrogens with zero attached hydrogens (tertiary/aromatic N) is 1. The lowest BCUT2D eigenvalue weighted by atomic mass is 10.1. The third-order valence-corrected chi connectivity index (χ3v) is 3.44. The van der Waals surface area contributed by atoms with Crippen molar-refractivity contribution in [3.63, 3.8) is 0 Å². The number of anilines is 1. The number of esters is 1. The fourth-order valence-electron chi connectivity index (χ4n) is 2.02. The van der Waals surface area contributed by atoms with Gasteiger partial charge in [-0.05, 0) is 24.3 Å². The van der Waals surface area contributed by atoms with E-state index in [1.807, 2.05) is 0 Å².